The Hall–Kier alpha value is -0.120. The molecule has 0 saturated carbocycles. The molecule has 78 valence electrons. The number of aliphatic hydroxyl groups is 1. The zero-order chi connectivity index (χ0) is 10.1. The third-order valence-corrected chi connectivity index (χ3v) is 3.46. The Bertz CT molecular complexity index is 174. The average Bonchev–Trinajstić information content (AvgIpc) is 2.02. The zero-order valence-corrected chi connectivity index (χ0v) is 8.95. The number of piperidine rings is 1. The second-order valence-electron chi connectivity index (χ2n) is 4.54. The first-order valence-electron chi connectivity index (χ1n) is 5.12. The maximum atomic E-state index is 10.3. The molecule has 1 rings (SSSR count). The van der Waals surface area contributed by atoms with Gasteiger partial charge in [-0.1, -0.05) is 6.92 Å². The first-order valence-corrected chi connectivity index (χ1v) is 5.12. The molecule has 0 aromatic rings. The standard InChI is InChI=1S/C10H22N2O/c1-8-7-12(3)9(2)6-10(8,13)4-5-11/h8-9,13H,4-7,11H2,1-3H3/t8-,9+,10+/m0/s1. The zero-order valence-electron chi connectivity index (χ0n) is 8.95. The molecule has 0 spiro atoms. The lowest BCUT2D eigenvalue weighted by Crippen LogP contribution is -2.54. The van der Waals surface area contributed by atoms with E-state index in [-0.39, 0.29) is 0 Å². The minimum absolute atomic E-state index is 0.331. The summed E-state index contributed by atoms with van der Waals surface area (Å²) in [7, 11) is 2.11. The van der Waals surface area contributed by atoms with Crippen molar-refractivity contribution in [2.45, 2.75) is 38.3 Å². The van der Waals surface area contributed by atoms with Gasteiger partial charge < -0.3 is 15.7 Å². The predicted molar refractivity (Wildman–Crippen MR) is 54.5 cm³/mol. The molecular formula is C10H22N2O. The summed E-state index contributed by atoms with van der Waals surface area (Å²) in [6.45, 7) is 5.82. The fourth-order valence-corrected chi connectivity index (χ4v) is 2.25. The van der Waals surface area contributed by atoms with Crippen molar-refractivity contribution in [2.24, 2.45) is 11.7 Å². The highest BCUT2D eigenvalue weighted by molar-refractivity contribution is 4.93. The van der Waals surface area contributed by atoms with Crippen molar-refractivity contribution in [3.63, 3.8) is 0 Å². The summed E-state index contributed by atoms with van der Waals surface area (Å²) in [6.07, 6.45) is 1.58. The molecule has 13 heavy (non-hydrogen) atoms. The second kappa shape index (κ2) is 3.95. The number of hydrogen-bond donors (Lipinski definition) is 2. The van der Waals surface area contributed by atoms with Gasteiger partial charge in [0.2, 0.25) is 0 Å². The molecule has 0 bridgehead atoms. The third kappa shape index (κ3) is 2.22. The fraction of sp³-hybridized carbons (Fsp3) is 1.00. The van der Waals surface area contributed by atoms with E-state index in [4.69, 9.17) is 5.73 Å². The van der Waals surface area contributed by atoms with Crippen LogP contribution < -0.4 is 5.73 Å². The largest absolute Gasteiger partial charge is 0.389 e. The Morgan fingerprint density at radius 1 is 1.54 bits per heavy atom. The molecule has 0 aromatic heterocycles. The van der Waals surface area contributed by atoms with E-state index >= 15 is 0 Å². The van der Waals surface area contributed by atoms with Crippen LogP contribution in [0.5, 0.6) is 0 Å². The molecule has 1 aliphatic heterocycles. The van der Waals surface area contributed by atoms with Crippen LogP contribution in [0.1, 0.15) is 26.7 Å². The van der Waals surface area contributed by atoms with Gasteiger partial charge in [0, 0.05) is 12.6 Å². The summed E-state index contributed by atoms with van der Waals surface area (Å²) in [5, 5.41) is 10.3. The van der Waals surface area contributed by atoms with Gasteiger partial charge in [-0.2, -0.15) is 0 Å². The van der Waals surface area contributed by atoms with Crippen molar-refractivity contribution in [3.8, 4) is 0 Å². The molecule has 1 saturated heterocycles. The molecule has 3 N–H and O–H groups in total. The molecule has 0 radical (unpaired) electrons. The van der Waals surface area contributed by atoms with Crippen LogP contribution in [-0.4, -0.2) is 41.8 Å². The second-order valence-corrected chi connectivity index (χ2v) is 4.54. The molecule has 3 nitrogen and oxygen atoms in total. The molecule has 0 aliphatic carbocycles. The van der Waals surface area contributed by atoms with Gasteiger partial charge in [0.1, 0.15) is 0 Å². The van der Waals surface area contributed by atoms with Gasteiger partial charge >= 0.3 is 0 Å². The number of rotatable bonds is 2. The molecule has 3 heteroatoms. The van der Waals surface area contributed by atoms with E-state index in [9.17, 15) is 5.11 Å². The lowest BCUT2D eigenvalue weighted by Gasteiger charge is -2.45. The van der Waals surface area contributed by atoms with E-state index in [1.807, 2.05) is 0 Å². The van der Waals surface area contributed by atoms with E-state index < -0.39 is 5.60 Å². The van der Waals surface area contributed by atoms with Crippen LogP contribution in [0, 0.1) is 5.92 Å². The van der Waals surface area contributed by atoms with Crippen LogP contribution in [0.2, 0.25) is 0 Å². The van der Waals surface area contributed by atoms with Crippen molar-refractivity contribution in [2.75, 3.05) is 20.1 Å². The highest BCUT2D eigenvalue weighted by atomic mass is 16.3. The predicted octanol–water partition coefficient (Wildman–Crippen LogP) is 0.426. The average molecular weight is 186 g/mol. The number of nitrogens with two attached hydrogens (primary N) is 1. The van der Waals surface area contributed by atoms with Crippen molar-refractivity contribution >= 4 is 0 Å². The van der Waals surface area contributed by atoms with Gasteiger partial charge in [0.05, 0.1) is 5.60 Å². The van der Waals surface area contributed by atoms with Crippen LogP contribution in [0.25, 0.3) is 0 Å². The van der Waals surface area contributed by atoms with Gasteiger partial charge in [-0.25, -0.2) is 0 Å². The van der Waals surface area contributed by atoms with Crippen molar-refractivity contribution in [3.05, 3.63) is 0 Å². The Balaban J connectivity index is 2.64. The molecule has 0 unspecified atom stereocenters. The Labute approximate surface area is 80.9 Å². The first-order chi connectivity index (χ1) is 5.99. The molecule has 1 aliphatic rings. The molecular weight excluding hydrogens is 164 g/mol. The Morgan fingerprint density at radius 2 is 2.15 bits per heavy atom. The number of hydrogen-bond acceptors (Lipinski definition) is 3. The van der Waals surface area contributed by atoms with E-state index in [0.29, 0.717) is 18.5 Å². The van der Waals surface area contributed by atoms with E-state index in [2.05, 4.69) is 25.8 Å². The Kier molecular flexibility index (Phi) is 3.33. The summed E-state index contributed by atoms with van der Waals surface area (Å²) >= 11 is 0. The minimum Gasteiger partial charge on any atom is -0.389 e. The molecule has 0 aromatic carbocycles. The van der Waals surface area contributed by atoms with E-state index in [1.165, 1.54) is 0 Å². The molecule has 3 atom stereocenters. The minimum atomic E-state index is -0.527. The summed E-state index contributed by atoms with van der Waals surface area (Å²) in [5.41, 5.74) is 4.99. The van der Waals surface area contributed by atoms with Crippen LogP contribution >= 0.6 is 0 Å². The highest BCUT2D eigenvalue weighted by Gasteiger charge is 2.39. The van der Waals surface area contributed by atoms with Gasteiger partial charge in [-0.05, 0) is 39.3 Å². The maximum Gasteiger partial charge on any atom is 0.0712 e. The number of likely N-dealkylation sites (tertiary alicyclic amines) is 1. The van der Waals surface area contributed by atoms with Crippen LogP contribution in [0.15, 0.2) is 0 Å². The van der Waals surface area contributed by atoms with Crippen LogP contribution in [-0.2, 0) is 0 Å². The highest BCUT2D eigenvalue weighted by Crippen LogP contribution is 2.32. The van der Waals surface area contributed by atoms with E-state index in [0.717, 1.165) is 19.4 Å². The van der Waals surface area contributed by atoms with Gasteiger partial charge in [-0.15, -0.1) is 0 Å². The molecule has 1 fully saturated rings. The van der Waals surface area contributed by atoms with Crippen molar-refractivity contribution in [1.29, 1.82) is 0 Å². The Morgan fingerprint density at radius 3 is 2.69 bits per heavy atom. The van der Waals surface area contributed by atoms with Crippen molar-refractivity contribution in [1.82, 2.24) is 4.90 Å². The summed E-state index contributed by atoms with van der Waals surface area (Å²) < 4.78 is 0. The number of nitrogens with zero attached hydrogens (tertiary/aromatic N) is 1. The third-order valence-electron chi connectivity index (χ3n) is 3.46. The SMILES string of the molecule is C[C@@H]1C[C@](O)(CCN)[C@@H](C)CN1C. The smallest absolute Gasteiger partial charge is 0.0712 e. The van der Waals surface area contributed by atoms with Gasteiger partial charge in [0.15, 0.2) is 0 Å². The van der Waals surface area contributed by atoms with E-state index in [1.54, 1.807) is 0 Å². The topological polar surface area (TPSA) is 49.5 Å². The fourth-order valence-electron chi connectivity index (χ4n) is 2.25. The van der Waals surface area contributed by atoms with Crippen LogP contribution in [0.3, 0.4) is 0 Å². The normalized spacial score (nSPS) is 42.2. The first kappa shape index (κ1) is 11.0. The lowest BCUT2D eigenvalue weighted by molar-refractivity contribution is -0.0819. The quantitative estimate of drug-likeness (QED) is 0.657. The maximum absolute atomic E-state index is 10.3. The van der Waals surface area contributed by atoms with Crippen LogP contribution in [0.4, 0.5) is 0 Å². The van der Waals surface area contributed by atoms with Gasteiger partial charge in [-0.3, -0.25) is 0 Å². The molecule has 1 heterocycles. The summed E-state index contributed by atoms with van der Waals surface area (Å²) in [6, 6.07) is 0.466. The monoisotopic (exact) mass is 186 g/mol. The van der Waals surface area contributed by atoms with Gasteiger partial charge in [0.25, 0.3) is 0 Å². The summed E-state index contributed by atoms with van der Waals surface area (Å²) in [5.74, 6) is 0.331. The summed E-state index contributed by atoms with van der Waals surface area (Å²) in [4.78, 5) is 2.30. The van der Waals surface area contributed by atoms with Crippen molar-refractivity contribution < 1.29 is 5.11 Å². The lowest BCUT2D eigenvalue weighted by atomic mass is 9.77. The molecule has 0 amide bonds.